The van der Waals surface area contributed by atoms with Crippen molar-refractivity contribution in [2.24, 2.45) is 0 Å². The molecule has 1 unspecified atom stereocenters. The first-order valence-electron chi connectivity index (χ1n) is 5.38. The largest absolute Gasteiger partial charge is 0.469 e. The Balaban J connectivity index is 3.42. The first kappa shape index (κ1) is 16.3. The summed E-state index contributed by atoms with van der Waals surface area (Å²) < 4.78 is 19.6. The Morgan fingerprint density at radius 1 is 1.41 bits per heavy atom. The molecule has 7 heteroatoms. The van der Waals surface area contributed by atoms with Gasteiger partial charge in [0, 0.05) is 6.08 Å². The molecule has 0 heterocycles. The van der Waals surface area contributed by atoms with Crippen LogP contribution in [0.4, 0.5) is 0 Å². The molecule has 0 aromatic carbocycles. The summed E-state index contributed by atoms with van der Waals surface area (Å²) in [4.78, 5) is 27.6. The summed E-state index contributed by atoms with van der Waals surface area (Å²) >= 11 is 0. The van der Waals surface area contributed by atoms with Crippen molar-refractivity contribution < 1.29 is 28.4 Å². The highest BCUT2D eigenvalue weighted by Crippen LogP contribution is 2.35. The van der Waals surface area contributed by atoms with Crippen molar-refractivity contribution in [3.05, 3.63) is 12.7 Å². The Kier molecular flexibility index (Phi) is 8.08. The number of unbranched alkanes of at least 4 members (excludes halogenated alkanes) is 2. The molecule has 17 heavy (non-hydrogen) atoms. The average Bonchev–Trinajstić information content (AvgIpc) is 2.21. The number of carbonyl (C=O) groups is 1. The molecule has 0 aromatic rings. The van der Waals surface area contributed by atoms with Crippen LogP contribution in [0.3, 0.4) is 0 Å². The molecular weight excluding hydrogens is 247 g/mol. The van der Waals surface area contributed by atoms with Gasteiger partial charge in [-0.05, 0) is 26.2 Å². The smallest absolute Gasteiger partial charge is 0.460 e. The van der Waals surface area contributed by atoms with Crippen LogP contribution in [0.25, 0.3) is 0 Å². The van der Waals surface area contributed by atoms with Crippen LogP contribution in [0, 0.1) is 0 Å². The second-order valence-electron chi connectivity index (χ2n) is 3.62. The standard InChI is InChI=1S/C10H19O6P/c1-3-10(11)16-9(2)7-5-4-6-8-15-17(12,13)14/h3,9H,1,4-8H2,2H3,(H2,12,13,14). The molecule has 0 amide bonds. The molecule has 0 saturated heterocycles. The molecule has 1 atom stereocenters. The fraction of sp³-hybridized carbons (Fsp3) is 0.700. The molecule has 0 radical (unpaired) electrons. The predicted molar refractivity (Wildman–Crippen MR) is 62.2 cm³/mol. The second kappa shape index (κ2) is 8.42. The Morgan fingerprint density at radius 2 is 2.06 bits per heavy atom. The van der Waals surface area contributed by atoms with Crippen molar-refractivity contribution in [2.75, 3.05) is 6.61 Å². The summed E-state index contributed by atoms with van der Waals surface area (Å²) in [7, 11) is -4.34. The number of carbonyl (C=O) groups excluding carboxylic acids is 1. The van der Waals surface area contributed by atoms with Gasteiger partial charge in [0.05, 0.1) is 12.7 Å². The first-order chi connectivity index (χ1) is 7.85. The SMILES string of the molecule is C=CC(=O)OC(C)CCCCCOP(=O)(O)O. The zero-order chi connectivity index (χ0) is 13.3. The quantitative estimate of drug-likeness (QED) is 0.286. The van der Waals surface area contributed by atoms with Crippen LogP contribution in [0.1, 0.15) is 32.6 Å². The number of hydrogen-bond acceptors (Lipinski definition) is 4. The van der Waals surface area contributed by atoms with Crippen LogP contribution < -0.4 is 0 Å². The molecule has 0 aliphatic heterocycles. The molecule has 0 rings (SSSR count). The van der Waals surface area contributed by atoms with E-state index in [1.54, 1.807) is 6.92 Å². The summed E-state index contributed by atoms with van der Waals surface area (Å²) in [6.45, 7) is 5.11. The molecule has 0 bridgehead atoms. The van der Waals surface area contributed by atoms with E-state index in [4.69, 9.17) is 14.5 Å². The molecule has 100 valence electrons. The number of ether oxygens (including phenoxy) is 1. The van der Waals surface area contributed by atoms with Gasteiger partial charge in [-0.2, -0.15) is 0 Å². The lowest BCUT2D eigenvalue weighted by Gasteiger charge is -2.11. The molecule has 0 aromatic heterocycles. The van der Waals surface area contributed by atoms with Crippen LogP contribution in [-0.4, -0.2) is 28.5 Å². The predicted octanol–water partition coefficient (Wildman–Crippen LogP) is 1.77. The number of esters is 1. The van der Waals surface area contributed by atoms with E-state index >= 15 is 0 Å². The molecule has 0 fully saturated rings. The summed E-state index contributed by atoms with van der Waals surface area (Å²) in [6, 6.07) is 0. The minimum atomic E-state index is -4.34. The maximum atomic E-state index is 10.8. The number of hydrogen-bond donors (Lipinski definition) is 2. The highest BCUT2D eigenvalue weighted by Gasteiger charge is 2.12. The third-order valence-corrected chi connectivity index (χ3v) is 2.52. The Bertz CT molecular complexity index is 285. The summed E-state index contributed by atoms with van der Waals surface area (Å²) in [5.41, 5.74) is 0. The van der Waals surface area contributed by atoms with E-state index in [1.165, 1.54) is 0 Å². The van der Waals surface area contributed by atoms with Gasteiger partial charge in [-0.3, -0.25) is 4.52 Å². The van der Waals surface area contributed by atoms with Gasteiger partial charge in [0.15, 0.2) is 0 Å². The van der Waals surface area contributed by atoms with E-state index < -0.39 is 13.8 Å². The van der Waals surface area contributed by atoms with E-state index in [0.717, 1.165) is 18.9 Å². The molecule has 0 aliphatic rings. The molecule has 0 saturated carbocycles. The minimum absolute atomic E-state index is 0.0328. The summed E-state index contributed by atoms with van der Waals surface area (Å²) in [5.74, 6) is -0.442. The van der Waals surface area contributed by atoms with Crippen LogP contribution in [0.15, 0.2) is 12.7 Å². The van der Waals surface area contributed by atoms with Gasteiger partial charge in [0.25, 0.3) is 0 Å². The molecule has 6 nitrogen and oxygen atoms in total. The van der Waals surface area contributed by atoms with Gasteiger partial charge in [-0.1, -0.05) is 13.0 Å². The third-order valence-electron chi connectivity index (χ3n) is 2.00. The lowest BCUT2D eigenvalue weighted by atomic mass is 10.1. The van der Waals surface area contributed by atoms with Crippen LogP contribution in [0.5, 0.6) is 0 Å². The zero-order valence-corrected chi connectivity index (χ0v) is 10.8. The van der Waals surface area contributed by atoms with Gasteiger partial charge in [-0.25, -0.2) is 9.36 Å². The van der Waals surface area contributed by atoms with Gasteiger partial charge in [-0.15, -0.1) is 0 Å². The van der Waals surface area contributed by atoms with Gasteiger partial charge < -0.3 is 14.5 Å². The number of phosphoric ester groups is 1. The van der Waals surface area contributed by atoms with Gasteiger partial charge >= 0.3 is 13.8 Å². The van der Waals surface area contributed by atoms with Crippen LogP contribution in [-0.2, 0) is 18.6 Å². The van der Waals surface area contributed by atoms with Crippen LogP contribution >= 0.6 is 7.82 Å². The van der Waals surface area contributed by atoms with Crippen LogP contribution in [0.2, 0.25) is 0 Å². The normalized spacial score (nSPS) is 13.1. The maximum Gasteiger partial charge on any atom is 0.469 e. The van der Waals surface area contributed by atoms with E-state index in [2.05, 4.69) is 11.1 Å². The third kappa shape index (κ3) is 11.6. The minimum Gasteiger partial charge on any atom is -0.460 e. The van der Waals surface area contributed by atoms with Crippen molar-refractivity contribution in [2.45, 2.75) is 38.7 Å². The highest BCUT2D eigenvalue weighted by molar-refractivity contribution is 7.46. The molecule has 0 spiro atoms. The van der Waals surface area contributed by atoms with Crippen molar-refractivity contribution in [1.29, 1.82) is 0 Å². The first-order valence-corrected chi connectivity index (χ1v) is 6.91. The van der Waals surface area contributed by atoms with E-state index in [0.29, 0.717) is 12.8 Å². The highest BCUT2D eigenvalue weighted by atomic mass is 31.2. The Labute approximate surface area is 101 Å². The van der Waals surface area contributed by atoms with E-state index in [9.17, 15) is 9.36 Å². The van der Waals surface area contributed by atoms with E-state index in [-0.39, 0.29) is 12.7 Å². The zero-order valence-electron chi connectivity index (χ0n) is 9.87. The maximum absolute atomic E-state index is 10.8. The lowest BCUT2D eigenvalue weighted by molar-refractivity contribution is -0.142. The fourth-order valence-corrected chi connectivity index (χ4v) is 1.57. The molecule has 0 aliphatic carbocycles. The number of rotatable bonds is 9. The Hall–Kier alpha value is -0.680. The topological polar surface area (TPSA) is 93.1 Å². The number of phosphoric acid groups is 1. The van der Waals surface area contributed by atoms with Gasteiger partial charge in [0.2, 0.25) is 0 Å². The lowest BCUT2D eigenvalue weighted by Crippen LogP contribution is -2.12. The van der Waals surface area contributed by atoms with Gasteiger partial charge in [0.1, 0.15) is 0 Å². The average molecular weight is 266 g/mol. The Morgan fingerprint density at radius 3 is 2.59 bits per heavy atom. The molecular formula is C10H19O6P. The van der Waals surface area contributed by atoms with Crippen molar-refractivity contribution >= 4 is 13.8 Å². The summed E-state index contributed by atoms with van der Waals surface area (Å²) in [5, 5.41) is 0. The second-order valence-corrected chi connectivity index (χ2v) is 4.86. The van der Waals surface area contributed by atoms with E-state index in [1.807, 2.05) is 0 Å². The molecule has 2 N–H and O–H groups in total. The van der Waals surface area contributed by atoms with Crippen molar-refractivity contribution in [1.82, 2.24) is 0 Å². The van der Waals surface area contributed by atoms with Crippen molar-refractivity contribution in [3.8, 4) is 0 Å². The monoisotopic (exact) mass is 266 g/mol. The summed E-state index contributed by atoms with van der Waals surface area (Å²) in [6.07, 6.45) is 3.77. The fourth-order valence-electron chi connectivity index (χ4n) is 1.20. The van der Waals surface area contributed by atoms with Crippen molar-refractivity contribution in [3.63, 3.8) is 0 Å².